The molecule has 0 saturated heterocycles. The van der Waals surface area contributed by atoms with Crippen LogP contribution in [0.5, 0.6) is 23.0 Å². The summed E-state index contributed by atoms with van der Waals surface area (Å²) in [5, 5.41) is 0.509. The van der Waals surface area contributed by atoms with E-state index in [-0.39, 0.29) is 33.9 Å². The summed E-state index contributed by atoms with van der Waals surface area (Å²) in [5.41, 5.74) is 9.43. The number of benzene rings is 3. The lowest BCUT2D eigenvalue weighted by atomic mass is 9.69. The van der Waals surface area contributed by atoms with Crippen LogP contribution in [0.25, 0.3) is 16.5 Å². The van der Waals surface area contributed by atoms with Gasteiger partial charge in [-0.3, -0.25) is 19.4 Å². The predicted octanol–water partition coefficient (Wildman–Crippen LogP) is 3.46. The number of hydrogen-bond acceptors (Lipinski definition) is 8. The van der Waals surface area contributed by atoms with Gasteiger partial charge in [0, 0.05) is 31.2 Å². The first-order valence-electron chi connectivity index (χ1n) is 12.9. The van der Waals surface area contributed by atoms with Crippen molar-refractivity contribution in [1.29, 1.82) is 0 Å². The number of nitrogens with zero attached hydrogens (tertiary/aromatic N) is 2. The zero-order chi connectivity index (χ0) is 31.1. The number of carbonyl (C=O) groups is 3. The van der Waals surface area contributed by atoms with Crippen LogP contribution in [-0.2, 0) is 19.8 Å². The average Bonchev–Trinajstić information content (AvgIpc) is 2.98. The monoisotopic (exact) mass is 588 g/mol. The number of amides is 2. The van der Waals surface area contributed by atoms with Crippen LogP contribution in [0.15, 0.2) is 72.6 Å². The molecule has 0 radical (unpaired) electrons. The molecule has 220 valence electrons. The molecule has 1 aromatic heterocycles. The van der Waals surface area contributed by atoms with Crippen molar-refractivity contribution in [3.05, 3.63) is 95.3 Å². The van der Waals surface area contributed by atoms with Crippen LogP contribution in [-0.4, -0.2) is 55.3 Å². The molecule has 4 N–H and O–H groups in total. The minimum atomic E-state index is -2.12. The average molecular weight is 589 g/mol. The van der Waals surface area contributed by atoms with Crippen LogP contribution < -0.4 is 25.7 Å². The van der Waals surface area contributed by atoms with E-state index in [1.807, 2.05) is 0 Å². The van der Waals surface area contributed by atoms with Crippen LogP contribution in [0, 0.1) is 11.6 Å². The lowest BCUT2D eigenvalue weighted by Crippen LogP contribution is -2.58. The van der Waals surface area contributed by atoms with Crippen molar-refractivity contribution in [2.45, 2.75) is 5.41 Å². The van der Waals surface area contributed by atoms with Crippen molar-refractivity contribution in [2.75, 3.05) is 27.8 Å². The van der Waals surface area contributed by atoms with E-state index in [0.717, 1.165) is 18.2 Å². The maximum absolute atomic E-state index is 15.7. The Morgan fingerprint density at radius 2 is 1.58 bits per heavy atom. The number of rotatable bonds is 8. The molecule has 4 aromatic rings. The van der Waals surface area contributed by atoms with E-state index < -0.39 is 41.2 Å². The highest BCUT2D eigenvalue weighted by Crippen LogP contribution is 2.42. The fourth-order valence-electron chi connectivity index (χ4n) is 5.27. The predicted molar refractivity (Wildman–Crippen MR) is 152 cm³/mol. The van der Waals surface area contributed by atoms with Gasteiger partial charge < -0.3 is 30.6 Å². The Labute approximate surface area is 244 Å². The highest BCUT2D eigenvalue weighted by Gasteiger charge is 2.53. The SMILES string of the molecule is COc1cc2nccc(Oc3ccc(C4(C(N)=O)CN(C)C(C(N)=O)=C(c5ccc(F)cc5)C4=O)cc3F)c2cc1OC. The van der Waals surface area contributed by atoms with Crippen LogP contribution in [0.1, 0.15) is 11.1 Å². The highest BCUT2D eigenvalue weighted by atomic mass is 19.1. The van der Waals surface area contributed by atoms with Crippen molar-refractivity contribution in [3.63, 3.8) is 0 Å². The smallest absolute Gasteiger partial charge is 0.265 e. The lowest BCUT2D eigenvalue weighted by molar-refractivity contribution is -0.134. The number of Topliss-reactive ketones (excluding diaryl/α,β-unsaturated/α-hetero) is 1. The molecule has 1 aliphatic rings. The second kappa shape index (κ2) is 11.0. The number of pyridine rings is 1. The standard InChI is InChI=1S/C31H26F2N4O6/c1-37-15-31(30(35)40,28(38)26(27(37)29(34)39)16-4-7-18(32)8-5-16)17-6-9-23(20(33)12-17)43-22-10-11-36-21-14-25(42-3)24(41-2)13-19(21)22/h4-14H,15H2,1-3H3,(H2,34,39)(H2,35,40). The third-order valence-corrected chi connectivity index (χ3v) is 7.35. The summed E-state index contributed by atoms with van der Waals surface area (Å²) in [7, 11) is 4.40. The Morgan fingerprint density at radius 3 is 2.19 bits per heavy atom. The fourth-order valence-corrected chi connectivity index (χ4v) is 5.27. The van der Waals surface area contributed by atoms with Crippen molar-refractivity contribution in [1.82, 2.24) is 9.88 Å². The summed E-state index contributed by atoms with van der Waals surface area (Å²) in [6.07, 6.45) is 1.48. The summed E-state index contributed by atoms with van der Waals surface area (Å²) in [5.74, 6) is -3.49. The van der Waals surface area contributed by atoms with Crippen LogP contribution in [0.3, 0.4) is 0 Å². The second-order valence-corrected chi connectivity index (χ2v) is 9.83. The third kappa shape index (κ3) is 4.86. The number of fused-ring (bicyclic) bond motifs is 1. The zero-order valence-electron chi connectivity index (χ0n) is 23.3. The molecule has 0 bridgehead atoms. The first-order chi connectivity index (χ1) is 20.5. The molecule has 1 unspecified atom stereocenters. The molecule has 10 nitrogen and oxygen atoms in total. The van der Waals surface area contributed by atoms with E-state index in [0.29, 0.717) is 22.4 Å². The van der Waals surface area contributed by atoms with Gasteiger partial charge in [0.2, 0.25) is 5.91 Å². The van der Waals surface area contributed by atoms with E-state index in [2.05, 4.69) is 4.98 Å². The van der Waals surface area contributed by atoms with E-state index in [4.69, 9.17) is 25.7 Å². The fraction of sp³-hybridized carbons (Fsp3) is 0.161. The summed E-state index contributed by atoms with van der Waals surface area (Å²) >= 11 is 0. The molecule has 0 aliphatic carbocycles. The number of carbonyl (C=O) groups excluding carboxylic acids is 3. The van der Waals surface area contributed by atoms with E-state index in [1.165, 1.54) is 62.7 Å². The van der Waals surface area contributed by atoms with Gasteiger partial charge in [0.1, 0.15) is 17.3 Å². The minimum absolute atomic E-state index is 0.0733. The van der Waals surface area contributed by atoms with E-state index in [9.17, 15) is 18.8 Å². The molecule has 2 amide bonds. The summed E-state index contributed by atoms with van der Waals surface area (Å²) in [4.78, 5) is 45.2. The molecular formula is C31H26F2N4O6. The van der Waals surface area contributed by atoms with Crippen molar-refractivity contribution >= 4 is 34.1 Å². The molecule has 3 aromatic carbocycles. The summed E-state index contributed by atoms with van der Waals surface area (Å²) < 4.78 is 46.0. The van der Waals surface area contributed by atoms with Crippen molar-refractivity contribution < 1.29 is 37.4 Å². The second-order valence-electron chi connectivity index (χ2n) is 9.83. The molecular weight excluding hydrogens is 562 g/mol. The number of nitrogens with two attached hydrogens (primary N) is 2. The van der Waals surface area contributed by atoms with Crippen molar-refractivity contribution in [2.24, 2.45) is 11.5 Å². The number of ether oxygens (including phenoxy) is 3. The Bertz CT molecular complexity index is 1830. The molecule has 1 aliphatic heterocycles. The van der Waals surface area contributed by atoms with Gasteiger partial charge in [-0.05, 0) is 47.5 Å². The topological polar surface area (TPSA) is 147 Å². The van der Waals surface area contributed by atoms with Crippen LogP contribution in [0.4, 0.5) is 8.78 Å². The number of likely N-dealkylation sites (N-methyl/N-ethyl adjacent to an activating group) is 1. The van der Waals surface area contributed by atoms with Gasteiger partial charge in [-0.2, -0.15) is 0 Å². The van der Waals surface area contributed by atoms with Gasteiger partial charge in [0.25, 0.3) is 5.91 Å². The number of primary amides is 2. The molecule has 5 rings (SSSR count). The van der Waals surface area contributed by atoms with Crippen LogP contribution >= 0.6 is 0 Å². The van der Waals surface area contributed by atoms with E-state index in [1.54, 1.807) is 12.1 Å². The van der Waals surface area contributed by atoms with Gasteiger partial charge in [0.15, 0.2) is 34.3 Å². The Morgan fingerprint density at radius 1 is 0.907 bits per heavy atom. The third-order valence-electron chi connectivity index (χ3n) is 7.35. The molecule has 0 spiro atoms. The maximum atomic E-state index is 15.7. The van der Waals surface area contributed by atoms with Gasteiger partial charge >= 0.3 is 0 Å². The largest absolute Gasteiger partial charge is 0.493 e. The normalized spacial score (nSPS) is 16.8. The molecule has 1 atom stereocenters. The maximum Gasteiger partial charge on any atom is 0.265 e. The molecule has 2 heterocycles. The quantitative estimate of drug-likeness (QED) is 0.298. The first kappa shape index (κ1) is 29.0. The Hall–Kier alpha value is -5.52. The van der Waals surface area contributed by atoms with E-state index >= 15 is 4.39 Å². The van der Waals surface area contributed by atoms with Gasteiger partial charge in [-0.1, -0.05) is 18.2 Å². The highest BCUT2D eigenvalue weighted by molar-refractivity contribution is 6.36. The van der Waals surface area contributed by atoms with Crippen LogP contribution in [0.2, 0.25) is 0 Å². The minimum Gasteiger partial charge on any atom is -0.493 e. The van der Waals surface area contributed by atoms with Crippen molar-refractivity contribution in [3.8, 4) is 23.0 Å². The van der Waals surface area contributed by atoms with Gasteiger partial charge in [-0.25, -0.2) is 8.78 Å². The molecule has 0 saturated carbocycles. The molecule has 12 heteroatoms. The Balaban J connectivity index is 1.59. The number of allylic oxidation sites excluding steroid dienone is 1. The summed E-state index contributed by atoms with van der Waals surface area (Å²) in [6, 6.07) is 13.2. The number of aromatic nitrogens is 1. The summed E-state index contributed by atoms with van der Waals surface area (Å²) in [6.45, 7) is -0.402. The first-order valence-corrected chi connectivity index (χ1v) is 12.9. The number of halogens is 2. The van der Waals surface area contributed by atoms with Gasteiger partial charge in [0.05, 0.1) is 25.3 Å². The number of hydrogen-bond donors (Lipinski definition) is 2. The van der Waals surface area contributed by atoms with Gasteiger partial charge in [-0.15, -0.1) is 0 Å². The number of methoxy groups -OCH3 is 2. The molecule has 43 heavy (non-hydrogen) atoms. The zero-order valence-corrected chi connectivity index (χ0v) is 23.3. The number of ketones is 1. The molecule has 0 fully saturated rings. The lowest BCUT2D eigenvalue weighted by Gasteiger charge is -2.40. The Kier molecular flexibility index (Phi) is 7.45.